The number of aliphatic hydroxyl groups excluding tert-OH is 3. The van der Waals surface area contributed by atoms with Gasteiger partial charge >= 0.3 is 7.82 Å². The lowest BCUT2D eigenvalue weighted by Gasteiger charge is -2.38. The summed E-state index contributed by atoms with van der Waals surface area (Å²) in [6.45, 7) is 1.05. The Morgan fingerprint density at radius 2 is 1.71 bits per heavy atom. The second-order valence-electron chi connectivity index (χ2n) is 3.60. The molecule has 0 radical (unpaired) electrons. The summed E-state index contributed by atoms with van der Waals surface area (Å²) in [5, 5.41) is 28.1. The summed E-state index contributed by atoms with van der Waals surface area (Å²) in [6, 6.07) is 0. The Labute approximate surface area is 95.8 Å². The van der Waals surface area contributed by atoms with Gasteiger partial charge in [0.2, 0.25) is 0 Å². The number of ketones is 1. The van der Waals surface area contributed by atoms with Gasteiger partial charge in [-0.3, -0.25) is 9.32 Å². The summed E-state index contributed by atoms with van der Waals surface area (Å²) in [7, 11) is -4.96. The maximum atomic E-state index is 11.0. The van der Waals surface area contributed by atoms with Crippen molar-refractivity contribution in [2.24, 2.45) is 0 Å². The molecular formula is C7H13O9P. The van der Waals surface area contributed by atoms with E-state index in [1.54, 1.807) is 0 Å². The van der Waals surface area contributed by atoms with E-state index in [-0.39, 0.29) is 0 Å². The molecule has 0 aromatic rings. The number of phosphoric acid groups is 1. The quantitative estimate of drug-likeness (QED) is 0.350. The summed E-state index contributed by atoms with van der Waals surface area (Å²) in [5.41, 5.74) is 0. The van der Waals surface area contributed by atoms with Gasteiger partial charge in [0.15, 0.2) is 12.1 Å². The fraction of sp³-hybridized carbons (Fsp3) is 0.857. The Balaban J connectivity index is 2.85. The van der Waals surface area contributed by atoms with Crippen LogP contribution in [0.2, 0.25) is 0 Å². The van der Waals surface area contributed by atoms with Crippen LogP contribution >= 0.6 is 7.82 Å². The molecular weight excluding hydrogens is 259 g/mol. The Morgan fingerprint density at radius 1 is 1.18 bits per heavy atom. The van der Waals surface area contributed by atoms with E-state index < -0.39 is 44.3 Å². The van der Waals surface area contributed by atoms with Gasteiger partial charge in [0.05, 0.1) is 0 Å². The predicted octanol–water partition coefficient (Wildman–Crippen LogP) is -2.51. The summed E-state index contributed by atoms with van der Waals surface area (Å²) in [6.07, 6.45) is -8.81. The summed E-state index contributed by atoms with van der Waals surface area (Å²) in [4.78, 5) is 28.1. The number of carbonyl (C=O) groups excluding carboxylic acids is 1. The van der Waals surface area contributed by atoms with E-state index >= 15 is 0 Å². The van der Waals surface area contributed by atoms with E-state index in [0.29, 0.717) is 0 Å². The lowest BCUT2D eigenvalue weighted by Crippen LogP contribution is -2.59. The zero-order chi connectivity index (χ0) is 13.4. The van der Waals surface area contributed by atoms with Gasteiger partial charge in [-0.15, -0.1) is 0 Å². The van der Waals surface area contributed by atoms with Crippen LogP contribution in [-0.2, 0) is 18.6 Å². The predicted molar refractivity (Wildman–Crippen MR) is 50.5 cm³/mol. The van der Waals surface area contributed by atoms with E-state index in [9.17, 15) is 24.7 Å². The highest BCUT2D eigenvalue weighted by molar-refractivity contribution is 7.46. The minimum absolute atomic E-state index is 0.678. The Bertz CT molecular complexity index is 338. The van der Waals surface area contributed by atoms with Crippen LogP contribution in [0.4, 0.5) is 0 Å². The van der Waals surface area contributed by atoms with Crippen LogP contribution in [0, 0.1) is 0 Å². The average Bonchev–Trinajstić information content (AvgIpc) is 2.16. The zero-order valence-corrected chi connectivity index (χ0v) is 9.60. The third kappa shape index (κ3) is 3.54. The number of Topliss-reactive ketones (excluding diaryl/α,β-unsaturated/α-hetero) is 1. The Hall–Kier alpha value is -0.380. The SMILES string of the molecule is CC(=O)[C@H]1O[C@@H](OP(=O)(O)O)[C@H](O)[C@@H](O)[C@@H]1O. The van der Waals surface area contributed by atoms with Gasteiger partial charge in [0.1, 0.15) is 24.4 Å². The third-order valence-electron chi connectivity index (χ3n) is 2.21. The van der Waals surface area contributed by atoms with E-state index in [1.165, 1.54) is 0 Å². The molecule has 0 unspecified atom stereocenters. The van der Waals surface area contributed by atoms with Crippen LogP contribution in [-0.4, -0.2) is 61.6 Å². The maximum Gasteiger partial charge on any atom is 0.472 e. The van der Waals surface area contributed by atoms with Crippen molar-refractivity contribution < 1.29 is 43.7 Å². The molecule has 1 aliphatic rings. The zero-order valence-electron chi connectivity index (χ0n) is 8.70. The monoisotopic (exact) mass is 272 g/mol. The summed E-state index contributed by atoms with van der Waals surface area (Å²) < 4.78 is 19.3. The van der Waals surface area contributed by atoms with Crippen molar-refractivity contribution in [1.29, 1.82) is 0 Å². The van der Waals surface area contributed by atoms with Crippen LogP contribution in [0.25, 0.3) is 0 Å². The van der Waals surface area contributed by atoms with Gasteiger partial charge in [0, 0.05) is 0 Å². The molecule has 5 N–H and O–H groups in total. The van der Waals surface area contributed by atoms with Crippen LogP contribution in [0.3, 0.4) is 0 Å². The lowest BCUT2D eigenvalue weighted by molar-refractivity contribution is -0.269. The summed E-state index contributed by atoms with van der Waals surface area (Å²) in [5.74, 6) is -0.678. The molecule has 0 aromatic heterocycles. The topological polar surface area (TPSA) is 154 Å². The minimum Gasteiger partial charge on any atom is -0.387 e. The standard InChI is InChI=1S/C7H13O9P/c1-2(8)6-4(10)3(9)5(11)7(15-6)16-17(12,13)14/h3-7,9-11H,1H3,(H2,12,13,14)/t3-,4-,5+,6+,7-/m0/s1. The van der Waals surface area contributed by atoms with E-state index in [0.717, 1.165) is 6.92 Å². The van der Waals surface area contributed by atoms with E-state index in [1.807, 2.05) is 0 Å². The first kappa shape index (κ1) is 14.7. The molecule has 0 amide bonds. The van der Waals surface area contributed by atoms with Crippen molar-refractivity contribution in [3.05, 3.63) is 0 Å². The molecule has 5 atom stereocenters. The molecule has 9 nitrogen and oxygen atoms in total. The van der Waals surface area contributed by atoms with Gasteiger partial charge in [-0.05, 0) is 6.92 Å². The number of phosphoric ester groups is 1. The van der Waals surface area contributed by atoms with Gasteiger partial charge in [-0.2, -0.15) is 0 Å². The molecule has 17 heavy (non-hydrogen) atoms. The smallest absolute Gasteiger partial charge is 0.387 e. The van der Waals surface area contributed by atoms with E-state index in [2.05, 4.69) is 4.52 Å². The molecule has 0 bridgehead atoms. The van der Waals surface area contributed by atoms with Gasteiger partial charge in [0.25, 0.3) is 0 Å². The highest BCUT2D eigenvalue weighted by Crippen LogP contribution is 2.40. The highest BCUT2D eigenvalue weighted by atomic mass is 31.2. The molecule has 0 spiro atoms. The average molecular weight is 272 g/mol. The van der Waals surface area contributed by atoms with Crippen molar-refractivity contribution in [1.82, 2.24) is 0 Å². The molecule has 0 aliphatic carbocycles. The fourth-order valence-corrected chi connectivity index (χ4v) is 1.85. The molecule has 1 saturated heterocycles. The molecule has 1 fully saturated rings. The van der Waals surface area contributed by atoms with Gasteiger partial charge in [-0.25, -0.2) is 4.57 Å². The van der Waals surface area contributed by atoms with Crippen LogP contribution in [0.15, 0.2) is 0 Å². The number of hydrogen-bond acceptors (Lipinski definition) is 7. The van der Waals surface area contributed by atoms with Crippen LogP contribution in [0.5, 0.6) is 0 Å². The van der Waals surface area contributed by atoms with E-state index in [4.69, 9.17) is 14.5 Å². The molecule has 0 aromatic carbocycles. The lowest BCUT2D eigenvalue weighted by atomic mass is 9.97. The van der Waals surface area contributed by atoms with Crippen LogP contribution < -0.4 is 0 Å². The molecule has 1 aliphatic heterocycles. The Kier molecular flexibility index (Phi) is 4.39. The second kappa shape index (κ2) is 5.09. The first-order chi connectivity index (χ1) is 7.63. The molecule has 10 heteroatoms. The second-order valence-corrected chi connectivity index (χ2v) is 4.80. The normalized spacial score (nSPS) is 39.1. The summed E-state index contributed by atoms with van der Waals surface area (Å²) >= 11 is 0. The number of carbonyl (C=O) groups is 1. The maximum absolute atomic E-state index is 11.0. The molecule has 1 rings (SSSR count). The third-order valence-corrected chi connectivity index (χ3v) is 2.69. The number of aliphatic hydroxyl groups is 3. The molecule has 100 valence electrons. The number of rotatable bonds is 3. The molecule has 0 saturated carbocycles. The van der Waals surface area contributed by atoms with Crippen molar-refractivity contribution in [3.8, 4) is 0 Å². The first-order valence-corrected chi connectivity index (χ1v) is 6.10. The van der Waals surface area contributed by atoms with Crippen molar-refractivity contribution in [2.45, 2.75) is 37.6 Å². The van der Waals surface area contributed by atoms with Crippen LogP contribution in [0.1, 0.15) is 6.92 Å². The van der Waals surface area contributed by atoms with Crippen molar-refractivity contribution in [3.63, 3.8) is 0 Å². The molecule has 1 heterocycles. The first-order valence-electron chi connectivity index (χ1n) is 4.57. The fourth-order valence-electron chi connectivity index (χ4n) is 1.41. The highest BCUT2D eigenvalue weighted by Gasteiger charge is 2.47. The van der Waals surface area contributed by atoms with Crippen molar-refractivity contribution in [2.75, 3.05) is 0 Å². The van der Waals surface area contributed by atoms with Gasteiger partial charge in [-0.1, -0.05) is 0 Å². The van der Waals surface area contributed by atoms with Crippen molar-refractivity contribution >= 4 is 13.6 Å². The van der Waals surface area contributed by atoms with Gasteiger partial charge < -0.3 is 29.8 Å². The largest absolute Gasteiger partial charge is 0.472 e. The number of hydrogen-bond donors (Lipinski definition) is 5. The number of ether oxygens (including phenoxy) is 1. The Morgan fingerprint density at radius 3 is 2.12 bits per heavy atom. The minimum atomic E-state index is -4.96.